The van der Waals surface area contributed by atoms with Crippen molar-refractivity contribution in [3.8, 4) is 0 Å². The van der Waals surface area contributed by atoms with Crippen LogP contribution in [0, 0.1) is 12.3 Å². The Bertz CT molecular complexity index is 922. The number of aryl methyl sites for hydroxylation is 1. The van der Waals surface area contributed by atoms with Gasteiger partial charge in [0.15, 0.2) is 0 Å². The molecule has 27 heavy (non-hydrogen) atoms. The highest BCUT2D eigenvalue weighted by Gasteiger charge is 2.33. The minimum atomic E-state index is -0.404. The van der Waals surface area contributed by atoms with E-state index in [1.807, 2.05) is 32.0 Å². The van der Waals surface area contributed by atoms with Crippen molar-refractivity contribution in [1.29, 1.82) is 5.41 Å². The molecule has 3 heterocycles. The van der Waals surface area contributed by atoms with E-state index >= 15 is 0 Å². The zero-order valence-electron chi connectivity index (χ0n) is 15.8. The minimum absolute atomic E-state index is 0.285. The molecule has 0 spiro atoms. The van der Waals surface area contributed by atoms with Crippen molar-refractivity contribution < 1.29 is 4.39 Å². The van der Waals surface area contributed by atoms with Crippen LogP contribution in [0.2, 0.25) is 0 Å². The van der Waals surface area contributed by atoms with Crippen LogP contribution < -0.4 is 4.90 Å². The zero-order valence-corrected chi connectivity index (χ0v) is 15.8. The lowest BCUT2D eigenvalue weighted by Crippen LogP contribution is -2.40. The van der Waals surface area contributed by atoms with Gasteiger partial charge in [-0.25, -0.2) is 14.4 Å². The summed E-state index contributed by atoms with van der Waals surface area (Å²) >= 11 is 0. The van der Waals surface area contributed by atoms with E-state index in [1.165, 1.54) is 6.08 Å². The number of hydrogen-bond donors (Lipinski definition) is 2. The number of H-pyrrole nitrogens is 1. The molecule has 0 radical (unpaired) electrons. The lowest BCUT2D eigenvalue weighted by molar-refractivity contribution is 0.649. The predicted octanol–water partition coefficient (Wildman–Crippen LogP) is 4.61. The number of nitrogens with zero attached hydrogens (tertiary/aromatic N) is 3. The minimum Gasteiger partial charge on any atom is -0.348 e. The molecule has 5 nitrogen and oxygen atoms in total. The molecule has 0 amide bonds. The van der Waals surface area contributed by atoms with E-state index < -0.39 is 6.04 Å². The number of hydrogen-bond acceptors (Lipinski definition) is 4. The molecule has 2 N–H and O–H groups in total. The summed E-state index contributed by atoms with van der Waals surface area (Å²) in [6, 6.07) is 5.44. The molecule has 1 aliphatic heterocycles. The molecule has 1 aliphatic rings. The van der Waals surface area contributed by atoms with Gasteiger partial charge in [0.2, 0.25) is 0 Å². The summed E-state index contributed by atoms with van der Waals surface area (Å²) in [5.41, 5.74) is 3.43. The highest BCUT2D eigenvalue weighted by atomic mass is 19.1. The quantitative estimate of drug-likeness (QED) is 0.600. The van der Waals surface area contributed by atoms with Gasteiger partial charge in [0, 0.05) is 24.4 Å². The molecule has 0 aliphatic carbocycles. The van der Waals surface area contributed by atoms with Crippen LogP contribution in [0.15, 0.2) is 60.2 Å². The highest BCUT2D eigenvalue weighted by molar-refractivity contribution is 6.00. The topological polar surface area (TPSA) is 68.7 Å². The third-order valence-electron chi connectivity index (χ3n) is 4.57. The molecular weight excluding hydrogens is 341 g/mol. The van der Waals surface area contributed by atoms with Crippen molar-refractivity contribution in [1.82, 2.24) is 15.0 Å². The standard InChI is InChI=1S/C21H24FN5/c1-4-5-8-16(22)14(2)12-17(23)21-20-18(24-13-25-20)10-11-27(21)19-9-6-7-15(3)26-19/h4-9,12-13,21,23H,10-11H2,1-3H3,(H,24,25)/b5-4-,14-12+,16-8+,23-17?. The summed E-state index contributed by atoms with van der Waals surface area (Å²) in [5, 5.41) is 8.68. The molecular formula is C21H24FN5. The Labute approximate surface area is 158 Å². The second kappa shape index (κ2) is 8.12. The number of halogens is 1. The first kappa shape index (κ1) is 18.8. The number of imidazole rings is 1. The van der Waals surface area contributed by atoms with Crippen molar-refractivity contribution >= 4 is 11.5 Å². The lowest BCUT2D eigenvalue weighted by atomic mass is 9.96. The zero-order chi connectivity index (χ0) is 19.4. The van der Waals surface area contributed by atoms with E-state index in [2.05, 4.69) is 19.9 Å². The second-order valence-corrected chi connectivity index (χ2v) is 6.57. The number of aromatic nitrogens is 3. The molecule has 3 rings (SSSR count). The first-order chi connectivity index (χ1) is 13.0. The smallest absolute Gasteiger partial charge is 0.129 e. The summed E-state index contributed by atoms with van der Waals surface area (Å²) < 4.78 is 14.2. The van der Waals surface area contributed by atoms with Crippen LogP contribution in [-0.2, 0) is 6.42 Å². The average Bonchev–Trinajstić information content (AvgIpc) is 3.13. The number of nitrogens with one attached hydrogen (secondary N) is 2. The van der Waals surface area contributed by atoms with Crippen LogP contribution in [0.3, 0.4) is 0 Å². The first-order valence-electron chi connectivity index (χ1n) is 8.99. The third kappa shape index (κ3) is 4.05. The number of aromatic amines is 1. The summed E-state index contributed by atoms with van der Waals surface area (Å²) in [6.45, 7) is 6.16. The van der Waals surface area contributed by atoms with Crippen molar-refractivity contribution in [2.75, 3.05) is 11.4 Å². The summed E-state index contributed by atoms with van der Waals surface area (Å²) in [5.74, 6) is 0.450. The highest BCUT2D eigenvalue weighted by Crippen LogP contribution is 2.33. The van der Waals surface area contributed by atoms with Crippen LogP contribution in [-0.4, -0.2) is 27.2 Å². The van der Waals surface area contributed by atoms with Crippen molar-refractivity contribution in [3.63, 3.8) is 0 Å². The maximum absolute atomic E-state index is 14.2. The Balaban J connectivity index is 1.99. The second-order valence-electron chi connectivity index (χ2n) is 6.57. The average molecular weight is 365 g/mol. The normalized spacial score (nSPS) is 18.1. The number of allylic oxidation sites excluding steroid dienone is 5. The van der Waals surface area contributed by atoms with Gasteiger partial charge in [-0.15, -0.1) is 0 Å². The van der Waals surface area contributed by atoms with Gasteiger partial charge in [-0.2, -0.15) is 0 Å². The van der Waals surface area contributed by atoms with E-state index in [-0.39, 0.29) is 11.5 Å². The number of rotatable bonds is 5. The van der Waals surface area contributed by atoms with Gasteiger partial charge in [-0.05, 0) is 50.6 Å². The molecule has 2 aromatic heterocycles. The lowest BCUT2D eigenvalue weighted by Gasteiger charge is -2.35. The van der Waals surface area contributed by atoms with Crippen LogP contribution >= 0.6 is 0 Å². The molecule has 140 valence electrons. The van der Waals surface area contributed by atoms with Crippen LogP contribution in [0.1, 0.15) is 37.0 Å². The van der Waals surface area contributed by atoms with E-state index in [1.54, 1.807) is 31.5 Å². The van der Waals surface area contributed by atoms with Crippen LogP contribution in [0.4, 0.5) is 10.2 Å². The van der Waals surface area contributed by atoms with Crippen molar-refractivity contribution in [2.24, 2.45) is 0 Å². The fourth-order valence-electron chi connectivity index (χ4n) is 3.22. The molecule has 0 aromatic carbocycles. The van der Waals surface area contributed by atoms with E-state index in [9.17, 15) is 4.39 Å². The molecule has 0 saturated carbocycles. The molecule has 0 bridgehead atoms. The van der Waals surface area contributed by atoms with Crippen LogP contribution in [0.25, 0.3) is 0 Å². The van der Waals surface area contributed by atoms with Crippen molar-refractivity contribution in [2.45, 2.75) is 33.2 Å². The van der Waals surface area contributed by atoms with Gasteiger partial charge < -0.3 is 15.3 Å². The maximum atomic E-state index is 14.2. The Morgan fingerprint density at radius 2 is 2.22 bits per heavy atom. The SMILES string of the molecule is C\C=C/C=C(F)\C(C)=C\C(=N)C1c2nc[nH]c2CCN1c1cccc(C)n1. The maximum Gasteiger partial charge on any atom is 0.129 e. The van der Waals surface area contributed by atoms with Crippen molar-refractivity contribution in [3.05, 3.63) is 77.3 Å². The molecule has 6 heteroatoms. The van der Waals surface area contributed by atoms with Gasteiger partial charge in [0.25, 0.3) is 0 Å². The molecule has 1 unspecified atom stereocenters. The summed E-state index contributed by atoms with van der Waals surface area (Å²) in [6.07, 6.45) is 8.84. The fourth-order valence-corrected chi connectivity index (χ4v) is 3.22. The fraction of sp³-hybridized carbons (Fsp3) is 0.286. The van der Waals surface area contributed by atoms with Crippen LogP contribution in [0.5, 0.6) is 0 Å². The van der Waals surface area contributed by atoms with E-state index in [0.717, 1.165) is 29.3 Å². The first-order valence-corrected chi connectivity index (χ1v) is 8.99. The number of pyridine rings is 1. The molecule has 0 fully saturated rings. The summed E-state index contributed by atoms with van der Waals surface area (Å²) in [4.78, 5) is 14.3. The number of anilines is 1. The van der Waals surface area contributed by atoms with Gasteiger partial charge in [-0.3, -0.25) is 0 Å². The Kier molecular flexibility index (Phi) is 5.64. The molecule has 1 atom stereocenters. The van der Waals surface area contributed by atoms with Gasteiger partial charge in [0.05, 0.1) is 17.7 Å². The number of fused-ring (bicyclic) bond motifs is 1. The third-order valence-corrected chi connectivity index (χ3v) is 4.57. The predicted molar refractivity (Wildman–Crippen MR) is 107 cm³/mol. The Morgan fingerprint density at radius 1 is 1.41 bits per heavy atom. The molecule has 2 aromatic rings. The Morgan fingerprint density at radius 3 is 2.96 bits per heavy atom. The van der Waals surface area contributed by atoms with Gasteiger partial charge in [-0.1, -0.05) is 18.2 Å². The van der Waals surface area contributed by atoms with E-state index in [4.69, 9.17) is 5.41 Å². The van der Waals surface area contributed by atoms with Gasteiger partial charge >= 0.3 is 0 Å². The largest absolute Gasteiger partial charge is 0.348 e. The van der Waals surface area contributed by atoms with Gasteiger partial charge in [0.1, 0.15) is 17.7 Å². The molecule has 0 saturated heterocycles. The van der Waals surface area contributed by atoms with E-state index in [0.29, 0.717) is 12.1 Å². The summed E-state index contributed by atoms with van der Waals surface area (Å²) in [7, 11) is 0. The Hall–Kier alpha value is -3.02. The monoisotopic (exact) mass is 365 g/mol.